The fourth-order valence-electron chi connectivity index (χ4n) is 8.65. The molecule has 4 nitrogen and oxygen atoms in total. The maximum Gasteiger partial charge on any atom is 0.164 e. The van der Waals surface area contributed by atoms with E-state index in [0.29, 0.717) is 17.5 Å². The van der Waals surface area contributed by atoms with Crippen molar-refractivity contribution < 1.29 is 0 Å². The SMILES string of the molecule is CC1(C)c2ccccc2-c2ccc3c4ccccc4n(-c4cc(-c5nc(-c6ccccc6)nc(-c6ccccc6)n5)c5c(c4)sc4ccccc45)c3c21. The van der Waals surface area contributed by atoms with Crippen molar-refractivity contribution in [3.8, 4) is 51.0 Å². The topological polar surface area (TPSA) is 43.6 Å². The molecule has 1 aliphatic carbocycles. The fraction of sp³-hybridized carbons (Fsp3) is 0.0625. The van der Waals surface area contributed by atoms with E-state index in [1.165, 1.54) is 58.8 Å². The predicted octanol–water partition coefficient (Wildman–Crippen LogP) is 12.6. The van der Waals surface area contributed by atoms with E-state index in [9.17, 15) is 0 Å². The van der Waals surface area contributed by atoms with Gasteiger partial charge in [0.1, 0.15) is 0 Å². The van der Waals surface area contributed by atoms with Gasteiger partial charge >= 0.3 is 0 Å². The summed E-state index contributed by atoms with van der Waals surface area (Å²) in [5.41, 5.74) is 11.6. The molecule has 5 heteroatoms. The van der Waals surface area contributed by atoms with Crippen molar-refractivity contribution in [2.24, 2.45) is 0 Å². The van der Waals surface area contributed by atoms with E-state index in [1.807, 2.05) is 47.7 Å². The van der Waals surface area contributed by atoms with Crippen molar-refractivity contribution in [2.45, 2.75) is 19.3 Å². The molecule has 0 aliphatic heterocycles. The summed E-state index contributed by atoms with van der Waals surface area (Å²) in [6.07, 6.45) is 0. The predicted molar refractivity (Wildman–Crippen MR) is 221 cm³/mol. The normalized spacial score (nSPS) is 13.2. The highest BCUT2D eigenvalue weighted by Crippen LogP contribution is 2.53. The molecular formula is C48H32N4S. The Balaban J connectivity index is 1.27. The molecule has 53 heavy (non-hydrogen) atoms. The summed E-state index contributed by atoms with van der Waals surface area (Å²) < 4.78 is 4.94. The number of thiophene rings is 1. The van der Waals surface area contributed by atoms with E-state index in [1.54, 1.807) is 0 Å². The molecule has 0 fully saturated rings. The fourth-order valence-corrected chi connectivity index (χ4v) is 9.82. The van der Waals surface area contributed by atoms with Gasteiger partial charge in [0.15, 0.2) is 17.5 Å². The van der Waals surface area contributed by atoms with Gasteiger partial charge in [0.25, 0.3) is 0 Å². The Morgan fingerprint density at radius 3 is 1.87 bits per heavy atom. The molecule has 0 bridgehead atoms. The monoisotopic (exact) mass is 696 g/mol. The number of benzene rings is 7. The minimum Gasteiger partial charge on any atom is -0.309 e. The van der Waals surface area contributed by atoms with Crippen molar-refractivity contribution in [2.75, 3.05) is 0 Å². The van der Waals surface area contributed by atoms with Crippen LogP contribution in [0.15, 0.2) is 158 Å². The number of hydrogen-bond acceptors (Lipinski definition) is 4. The molecule has 11 rings (SSSR count). The average Bonchev–Trinajstić information content (AvgIpc) is 3.83. The highest BCUT2D eigenvalue weighted by molar-refractivity contribution is 7.26. The van der Waals surface area contributed by atoms with Crippen LogP contribution in [-0.4, -0.2) is 19.5 Å². The van der Waals surface area contributed by atoms with Crippen LogP contribution in [-0.2, 0) is 5.41 Å². The summed E-state index contributed by atoms with van der Waals surface area (Å²) in [4.78, 5) is 15.6. The Bertz CT molecular complexity index is 3020. The van der Waals surface area contributed by atoms with Crippen LogP contribution in [0.25, 0.3) is 93.0 Å². The zero-order chi connectivity index (χ0) is 35.3. The molecule has 7 aromatic carbocycles. The average molecular weight is 697 g/mol. The van der Waals surface area contributed by atoms with Gasteiger partial charge in [-0.2, -0.15) is 0 Å². The molecule has 1 aliphatic rings. The van der Waals surface area contributed by atoms with Crippen LogP contribution < -0.4 is 0 Å². The van der Waals surface area contributed by atoms with Crippen LogP contribution in [0.4, 0.5) is 0 Å². The molecule has 0 atom stereocenters. The zero-order valence-corrected chi connectivity index (χ0v) is 30.0. The van der Waals surface area contributed by atoms with Gasteiger partial charge < -0.3 is 4.57 Å². The Labute approximate surface area is 310 Å². The van der Waals surface area contributed by atoms with E-state index in [-0.39, 0.29) is 5.41 Å². The molecular weight excluding hydrogens is 665 g/mol. The smallest absolute Gasteiger partial charge is 0.164 e. The first-order valence-corrected chi connectivity index (χ1v) is 18.9. The molecule has 0 amide bonds. The van der Waals surface area contributed by atoms with Gasteiger partial charge in [-0.3, -0.25) is 0 Å². The minimum absolute atomic E-state index is 0.189. The third-order valence-corrected chi connectivity index (χ3v) is 12.1. The van der Waals surface area contributed by atoms with E-state index in [4.69, 9.17) is 15.0 Å². The standard InChI is InChI=1S/C48H32N4S/c1-48(2)38-22-12-9-19-32(38)34-25-26-35-33-20-10-13-23-39(33)52(44(35)43(34)48)31-27-37(42-36-21-11-14-24-40(36)53-41(42)28-31)47-50-45(29-15-5-3-6-16-29)49-46(51-47)30-17-7-4-8-18-30/h3-28H,1-2H3. The second-order valence-electron chi connectivity index (χ2n) is 14.4. The second-order valence-corrected chi connectivity index (χ2v) is 15.5. The third-order valence-electron chi connectivity index (χ3n) is 11.0. The van der Waals surface area contributed by atoms with E-state index < -0.39 is 0 Å². The molecule has 3 aromatic heterocycles. The Morgan fingerprint density at radius 2 is 1.11 bits per heavy atom. The van der Waals surface area contributed by atoms with Gasteiger partial charge in [0.05, 0.1) is 11.0 Å². The van der Waals surface area contributed by atoms with Crippen LogP contribution in [0.3, 0.4) is 0 Å². The van der Waals surface area contributed by atoms with Gasteiger partial charge in [-0.05, 0) is 46.5 Å². The first kappa shape index (κ1) is 30.2. The van der Waals surface area contributed by atoms with Crippen molar-refractivity contribution in [1.29, 1.82) is 0 Å². The number of fused-ring (bicyclic) bond motifs is 10. The van der Waals surface area contributed by atoms with Crippen LogP contribution in [0, 0.1) is 0 Å². The molecule has 0 saturated heterocycles. The number of nitrogens with zero attached hydrogens (tertiary/aromatic N) is 4. The summed E-state index contributed by atoms with van der Waals surface area (Å²) in [5, 5.41) is 4.87. The second kappa shape index (κ2) is 11.3. The molecule has 0 unspecified atom stereocenters. The number of para-hydroxylation sites is 1. The lowest BCUT2D eigenvalue weighted by molar-refractivity contribution is 0.664. The van der Waals surface area contributed by atoms with Gasteiger partial charge in [0, 0.05) is 58.7 Å². The van der Waals surface area contributed by atoms with Gasteiger partial charge in [0.2, 0.25) is 0 Å². The van der Waals surface area contributed by atoms with Gasteiger partial charge in [-0.25, -0.2) is 15.0 Å². The van der Waals surface area contributed by atoms with Crippen LogP contribution in [0.2, 0.25) is 0 Å². The van der Waals surface area contributed by atoms with Crippen molar-refractivity contribution in [3.63, 3.8) is 0 Å². The number of aromatic nitrogens is 4. The minimum atomic E-state index is -0.189. The molecule has 250 valence electrons. The molecule has 0 spiro atoms. The molecule has 10 aromatic rings. The maximum absolute atomic E-state index is 5.26. The maximum atomic E-state index is 5.26. The Kier molecular flexibility index (Phi) is 6.43. The first-order chi connectivity index (χ1) is 26.0. The van der Waals surface area contributed by atoms with Crippen molar-refractivity contribution >= 4 is 53.3 Å². The summed E-state index contributed by atoms with van der Waals surface area (Å²) in [7, 11) is 0. The Morgan fingerprint density at radius 1 is 0.491 bits per heavy atom. The molecule has 0 N–H and O–H groups in total. The summed E-state index contributed by atoms with van der Waals surface area (Å²) in [5.74, 6) is 1.97. The largest absolute Gasteiger partial charge is 0.309 e. The Hall–Kier alpha value is -6.43. The van der Waals surface area contributed by atoms with Crippen LogP contribution >= 0.6 is 11.3 Å². The van der Waals surface area contributed by atoms with E-state index >= 15 is 0 Å². The molecule has 0 radical (unpaired) electrons. The lowest BCUT2D eigenvalue weighted by Crippen LogP contribution is -2.16. The lowest BCUT2D eigenvalue weighted by atomic mass is 9.81. The van der Waals surface area contributed by atoms with Gasteiger partial charge in [-0.15, -0.1) is 11.3 Å². The first-order valence-electron chi connectivity index (χ1n) is 18.0. The molecule has 3 heterocycles. The number of rotatable bonds is 4. The number of hydrogen-bond donors (Lipinski definition) is 0. The van der Waals surface area contributed by atoms with E-state index in [2.05, 4.69) is 140 Å². The van der Waals surface area contributed by atoms with Gasteiger partial charge in [-0.1, -0.05) is 147 Å². The highest BCUT2D eigenvalue weighted by Gasteiger charge is 2.38. The quantitative estimate of drug-likeness (QED) is 0.184. The van der Waals surface area contributed by atoms with Crippen LogP contribution in [0.1, 0.15) is 25.0 Å². The highest BCUT2D eigenvalue weighted by atomic mass is 32.1. The summed E-state index contributed by atoms with van der Waals surface area (Å²) in [6.45, 7) is 4.75. The molecule has 0 saturated carbocycles. The van der Waals surface area contributed by atoms with Crippen molar-refractivity contribution in [3.05, 3.63) is 169 Å². The summed E-state index contributed by atoms with van der Waals surface area (Å²) in [6, 6.07) is 56.2. The zero-order valence-electron chi connectivity index (χ0n) is 29.2. The summed E-state index contributed by atoms with van der Waals surface area (Å²) >= 11 is 1.82. The van der Waals surface area contributed by atoms with Crippen LogP contribution in [0.5, 0.6) is 0 Å². The van der Waals surface area contributed by atoms with E-state index in [0.717, 1.165) is 27.8 Å². The third kappa shape index (κ3) is 4.44. The lowest BCUT2D eigenvalue weighted by Gasteiger charge is -2.24. The van der Waals surface area contributed by atoms with Crippen molar-refractivity contribution in [1.82, 2.24) is 19.5 Å².